The Morgan fingerprint density at radius 3 is 2.74 bits per heavy atom. The van der Waals surface area contributed by atoms with Gasteiger partial charge in [0.15, 0.2) is 0 Å². The van der Waals surface area contributed by atoms with Gasteiger partial charge >= 0.3 is 6.18 Å². The van der Waals surface area contributed by atoms with Gasteiger partial charge < -0.3 is 15.8 Å². The molecule has 1 aromatic heterocycles. The predicted molar refractivity (Wildman–Crippen MR) is 62.2 cm³/mol. The topological polar surface area (TPSA) is 77.2 Å². The number of carbonyl (C=O) groups is 1. The molecule has 3 N–H and O–H groups in total. The van der Waals surface area contributed by atoms with Crippen molar-refractivity contribution in [3.05, 3.63) is 24.0 Å². The highest BCUT2D eigenvalue weighted by atomic mass is 19.4. The van der Waals surface area contributed by atoms with Crippen LogP contribution in [0.1, 0.15) is 5.69 Å². The molecule has 0 spiro atoms. The predicted octanol–water partition coefficient (Wildman–Crippen LogP) is 0.901. The van der Waals surface area contributed by atoms with Crippen LogP contribution in [0.25, 0.3) is 0 Å². The number of ether oxygens (including phenoxy) is 1. The molecule has 0 atom stereocenters. The van der Waals surface area contributed by atoms with E-state index < -0.39 is 12.8 Å². The second kappa shape index (κ2) is 6.93. The van der Waals surface area contributed by atoms with E-state index in [1.807, 2.05) is 0 Å². The Morgan fingerprint density at radius 1 is 1.42 bits per heavy atom. The van der Waals surface area contributed by atoms with Crippen molar-refractivity contribution in [1.29, 1.82) is 0 Å². The van der Waals surface area contributed by atoms with Crippen LogP contribution in [-0.4, -0.2) is 36.8 Å². The lowest BCUT2D eigenvalue weighted by atomic mass is 10.2. The van der Waals surface area contributed by atoms with Crippen LogP contribution in [0.4, 0.5) is 18.9 Å². The Hall–Kier alpha value is -1.83. The van der Waals surface area contributed by atoms with Crippen LogP contribution in [0.3, 0.4) is 0 Å². The highest BCUT2D eigenvalue weighted by Gasteiger charge is 2.27. The number of amides is 1. The molecule has 5 nitrogen and oxygen atoms in total. The first kappa shape index (κ1) is 15.2. The molecule has 0 bridgehead atoms. The normalized spacial score (nSPS) is 11.3. The number of nitrogens with two attached hydrogens (primary N) is 1. The summed E-state index contributed by atoms with van der Waals surface area (Å²) in [5.41, 5.74) is 6.46. The minimum absolute atomic E-state index is 0.0177. The molecular formula is C11H14F3N3O2. The standard InChI is InChI=1S/C11H14F3N3O2/c12-11(13,14)7-19-4-3-16-10(18)5-9-2-1-8(15)6-17-9/h1-2,6H,3-5,7,15H2,(H,16,18). The number of hydrogen-bond acceptors (Lipinski definition) is 4. The van der Waals surface area contributed by atoms with E-state index in [0.717, 1.165) is 0 Å². The number of alkyl halides is 3. The SMILES string of the molecule is Nc1ccc(CC(=O)NCCOCC(F)(F)F)nc1. The molecule has 0 unspecified atom stereocenters. The molecule has 0 fully saturated rings. The number of rotatable bonds is 6. The van der Waals surface area contributed by atoms with Crippen LogP contribution >= 0.6 is 0 Å². The van der Waals surface area contributed by atoms with Crippen LogP contribution in [-0.2, 0) is 16.0 Å². The summed E-state index contributed by atoms with van der Waals surface area (Å²) in [6, 6.07) is 3.22. The number of aromatic nitrogens is 1. The third kappa shape index (κ3) is 7.24. The van der Waals surface area contributed by atoms with Crippen LogP contribution in [0.2, 0.25) is 0 Å². The van der Waals surface area contributed by atoms with Crippen molar-refractivity contribution in [3.8, 4) is 0 Å². The van der Waals surface area contributed by atoms with E-state index in [9.17, 15) is 18.0 Å². The van der Waals surface area contributed by atoms with E-state index >= 15 is 0 Å². The highest BCUT2D eigenvalue weighted by molar-refractivity contribution is 5.78. The second-order valence-corrected chi connectivity index (χ2v) is 3.78. The molecule has 0 aromatic carbocycles. The van der Waals surface area contributed by atoms with Crippen molar-refractivity contribution < 1.29 is 22.7 Å². The van der Waals surface area contributed by atoms with Gasteiger partial charge in [0, 0.05) is 12.2 Å². The van der Waals surface area contributed by atoms with Gasteiger partial charge in [-0.25, -0.2) is 0 Å². The Balaban J connectivity index is 2.16. The van der Waals surface area contributed by atoms with Gasteiger partial charge in [-0.2, -0.15) is 13.2 Å². The minimum atomic E-state index is -4.35. The van der Waals surface area contributed by atoms with Gasteiger partial charge in [0.1, 0.15) is 6.61 Å². The van der Waals surface area contributed by atoms with Gasteiger partial charge in [-0.15, -0.1) is 0 Å². The number of halogens is 3. The number of carbonyl (C=O) groups excluding carboxylic acids is 1. The molecule has 1 heterocycles. The summed E-state index contributed by atoms with van der Waals surface area (Å²) in [6.07, 6.45) is -2.88. The van der Waals surface area contributed by atoms with Gasteiger partial charge in [0.05, 0.1) is 24.9 Å². The number of anilines is 1. The molecule has 1 rings (SSSR count). The first-order chi connectivity index (χ1) is 8.87. The summed E-state index contributed by atoms with van der Waals surface area (Å²) in [5.74, 6) is -0.340. The van der Waals surface area contributed by atoms with E-state index in [-0.39, 0.29) is 25.5 Å². The lowest BCUT2D eigenvalue weighted by molar-refractivity contribution is -0.173. The summed E-state index contributed by atoms with van der Waals surface area (Å²) in [7, 11) is 0. The third-order valence-electron chi connectivity index (χ3n) is 2.02. The zero-order valence-electron chi connectivity index (χ0n) is 10.0. The molecule has 1 amide bonds. The molecule has 8 heteroatoms. The first-order valence-electron chi connectivity index (χ1n) is 5.48. The monoisotopic (exact) mass is 277 g/mol. The highest BCUT2D eigenvalue weighted by Crippen LogP contribution is 2.13. The number of pyridine rings is 1. The van der Waals surface area contributed by atoms with Crippen LogP contribution in [0, 0.1) is 0 Å². The molecule has 0 aliphatic rings. The van der Waals surface area contributed by atoms with E-state index in [1.165, 1.54) is 6.20 Å². The van der Waals surface area contributed by atoms with Crippen molar-refractivity contribution in [2.45, 2.75) is 12.6 Å². The van der Waals surface area contributed by atoms with Crippen molar-refractivity contribution in [2.24, 2.45) is 0 Å². The summed E-state index contributed by atoms with van der Waals surface area (Å²) < 4.78 is 39.5. The number of nitrogens with one attached hydrogen (secondary N) is 1. The number of nitrogens with zero attached hydrogens (tertiary/aromatic N) is 1. The number of nitrogen functional groups attached to an aromatic ring is 1. The minimum Gasteiger partial charge on any atom is -0.397 e. The van der Waals surface area contributed by atoms with Gasteiger partial charge in [-0.3, -0.25) is 9.78 Å². The van der Waals surface area contributed by atoms with Crippen molar-refractivity contribution >= 4 is 11.6 Å². The molecule has 0 saturated heterocycles. The van der Waals surface area contributed by atoms with Crippen LogP contribution in [0.15, 0.2) is 18.3 Å². The molecule has 0 radical (unpaired) electrons. The molecule has 19 heavy (non-hydrogen) atoms. The van der Waals surface area contributed by atoms with E-state index in [4.69, 9.17) is 5.73 Å². The Kier molecular flexibility index (Phi) is 5.56. The fourth-order valence-corrected chi connectivity index (χ4v) is 1.22. The maximum Gasteiger partial charge on any atom is 0.411 e. The maximum absolute atomic E-state index is 11.7. The average Bonchev–Trinajstić information content (AvgIpc) is 2.30. The molecular weight excluding hydrogens is 263 g/mol. The zero-order valence-corrected chi connectivity index (χ0v) is 10.0. The zero-order chi connectivity index (χ0) is 14.3. The molecule has 0 aliphatic carbocycles. The second-order valence-electron chi connectivity index (χ2n) is 3.78. The molecule has 0 saturated carbocycles. The summed E-state index contributed by atoms with van der Waals surface area (Å²) in [4.78, 5) is 15.3. The summed E-state index contributed by atoms with van der Waals surface area (Å²) >= 11 is 0. The largest absolute Gasteiger partial charge is 0.411 e. The van der Waals surface area contributed by atoms with Crippen molar-refractivity contribution in [1.82, 2.24) is 10.3 Å². The van der Waals surface area contributed by atoms with Crippen molar-refractivity contribution in [3.63, 3.8) is 0 Å². The third-order valence-corrected chi connectivity index (χ3v) is 2.02. The lowest BCUT2D eigenvalue weighted by Crippen LogP contribution is -2.30. The maximum atomic E-state index is 11.7. The Morgan fingerprint density at radius 2 is 2.16 bits per heavy atom. The fourth-order valence-electron chi connectivity index (χ4n) is 1.22. The quantitative estimate of drug-likeness (QED) is 0.757. The lowest BCUT2D eigenvalue weighted by Gasteiger charge is -2.08. The molecule has 0 aliphatic heterocycles. The summed E-state index contributed by atoms with van der Waals surface area (Å²) in [5, 5.41) is 2.43. The van der Waals surface area contributed by atoms with Gasteiger partial charge in [-0.1, -0.05) is 0 Å². The van der Waals surface area contributed by atoms with Gasteiger partial charge in [0.25, 0.3) is 0 Å². The smallest absolute Gasteiger partial charge is 0.397 e. The molecule has 1 aromatic rings. The van der Waals surface area contributed by atoms with E-state index in [2.05, 4.69) is 15.0 Å². The van der Waals surface area contributed by atoms with Crippen LogP contribution < -0.4 is 11.1 Å². The number of hydrogen-bond donors (Lipinski definition) is 2. The first-order valence-corrected chi connectivity index (χ1v) is 5.48. The van der Waals surface area contributed by atoms with Gasteiger partial charge in [-0.05, 0) is 12.1 Å². The van der Waals surface area contributed by atoms with Crippen LogP contribution in [0.5, 0.6) is 0 Å². The summed E-state index contributed by atoms with van der Waals surface area (Å²) in [6.45, 7) is -1.49. The molecule has 106 valence electrons. The van der Waals surface area contributed by atoms with E-state index in [1.54, 1.807) is 12.1 Å². The van der Waals surface area contributed by atoms with Crippen molar-refractivity contribution in [2.75, 3.05) is 25.5 Å². The average molecular weight is 277 g/mol. The van der Waals surface area contributed by atoms with Gasteiger partial charge in [0.2, 0.25) is 5.91 Å². The van der Waals surface area contributed by atoms with E-state index in [0.29, 0.717) is 11.4 Å². The Labute approximate surface area is 108 Å². The Bertz CT molecular complexity index is 407. The fraction of sp³-hybridized carbons (Fsp3) is 0.455.